The highest BCUT2D eigenvalue weighted by Gasteiger charge is 2.27. The van der Waals surface area contributed by atoms with E-state index >= 15 is 0 Å². The van der Waals surface area contributed by atoms with Gasteiger partial charge in [0.25, 0.3) is 12.2 Å². The van der Waals surface area contributed by atoms with Crippen molar-refractivity contribution in [2.45, 2.75) is 38.9 Å². The highest BCUT2D eigenvalue weighted by atomic mass is 16.7. The van der Waals surface area contributed by atoms with Gasteiger partial charge in [-0.1, -0.05) is 25.5 Å². The molecule has 0 spiro atoms. The molecule has 0 bridgehead atoms. The van der Waals surface area contributed by atoms with Crippen LogP contribution in [0.15, 0.2) is 43.1 Å². The topological polar surface area (TPSA) is 102 Å². The number of piperidine rings is 1. The fourth-order valence-corrected chi connectivity index (χ4v) is 4.03. The molecule has 33 heavy (non-hydrogen) atoms. The van der Waals surface area contributed by atoms with E-state index in [4.69, 9.17) is 14.2 Å². The minimum atomic E-state index is -0.605. The lowest BCUT2D eigenvalue weighted by Gasteiger charge is -2.26. The molecule has 9 nitrogen and oxygen atoms in total. The van der Waals surface area contributed by atoms with Crippen LogP contribution < -0.4 is 10.2 Å². The van der Waals surface area contributed by atoms with Gasteiger partial charge in [-0.05, 0) is 31.4 Å². The summed E-state index contributed by atoms with van der Waals surface area (Å²) in [4.78, 5) is 24.7. The van der Waals surface area contributed by atoms with Crippen molar-refractivity contribution >= 4 is 22.7 Å². The van der Waals surface area contributed by atoms with Crippen molar-refractivity contribution in [1.82, 2.24) is 25.4 Å². The summed E-state index contributed by atoms with van der Waals surface area (Å²) in [5, 5.41) is 1.96. The minimum absolute atomic E-state index is 0.188. The number of hydrazine groups is 1. The highest BCUT2D eigenvalue weighted by Crippen LogP contribution is 2.36. The Balaban J connectivity index is 1.33. The monoisotopic (exact) mass is 449 g/mol. The van der Waals surface area contributed by atoms with Gasteiger partial charge >= 0.3 is 0 Å². The smallest absolute Gasteiger partial charge is 0.269 e. The van der Waals surface area contributed by atoms with Gasteiger partial charge in [0.1, 0.15) is 29.5 Å². The summed E-state index contributed by atoms with van der Waals surface area (Å²) < 4.78 is 17.5. The molecule has 4 heterocycles. The first kappa shape index (κ1) is 21.3. The number of H-pyrrole nitrogens is 1. The summed E-state index contributed by atoms with van der Waals surface area (Å²) in [5.74, 6) is 1.05. The Hall–Kier alpha value is -3.59. The molecule has 9 heteroatoms. The predicted molar refractivity (Wildman–Crippen MR) is 122 cm³/mol. The van der Waals surface area contributed by atoms with E-state index in [9.17, 15) is 4.79 Å². The fraction of sp³-hybridized carbons (Fsp3) is 0.375. The molecule has 1 amide bonds. The van der Waals surface area contributed by atoms with Crippen LogP contribution >= 0.6 is 0 Å². The average molecular weight is 450 g/mol. The van der Waals surface area contributed by atoms with Crippen molar-refractivity contribution < 1.29 is 19.0 Å². The Morgan fingerprint density at radius 1 is 1.27 bits per heavy atom. The van der Waals surface area contributed by atoms with E-state index in [-0.39, 0.29) is 5.91 Å². The Morgan fingerprint density at radius 2 is 2.15 bits per heavy atom. The number of nitrogens with zero attached hydrogens (tertiary/aromatic N) is 3. The third-order valence-electron chi connectivity index (χ3n) is 5.69. The van der Waals surface area contributed by atoms with E-state index < -0.39 is 6.29 Å². The first-order chi connectivity index (χ1) is 16.2. The van der Waals surface area contributed by atoms with Gasteiger partial charge in [-0.2, -0.15) is 0 Å². The second-order valence-corrected chi connectivity index (χ2v) is 8.13. The second kappa shape index (κ2) is 9.50. The highest BCUT2D eigenvalue weighted by molar-refractivity contribution is 6.06. The molecule has 1 saturated heterocycles. The lowest BCUT2D eigenvalue weighted by atomic mass is 10.2. The standard InChI is InChI=1S/C24H27N5O4/c1-2-11-31-17-8-6-7-16(12-17)24-32-14-19(33-24)21-22-20(26-15-27-21)18(13-25-22)23(30)28-29-9-4-3-5-10-29/h6-8,12-15,24-25H,2-5,9-11H2,1H3,(H,28,30). The van der Waals surface area contributed by atoms with E-state index in [1.165, 1.54) is 12.7 Å². The summed E-state index contributed by atoms with van der Waals surface area (Å²) in [5.41, 5.74) is 5.99. The first-order valence-corrected chi connectivity index (χ1v) is 11.4. The van der Waals surface area contributed by atoms with Crippen LogP contribution in [0.3, 0.4) is 0 Å². The Kier molecular flexibility index (Phi) is 6.12. The molecule has 1 atom stereocenters. The zero-order chi connectivity index (χ0) is 22.6. The zero-order valence-electron chi connectivity index (χ0n) is 18.5. The quantitative estimate of drug-likeness (QED) is 0.564. The van der Waals surface area contributed by atoms with Crippen molar-refractivity contribution in [1.29, 1.82) is 0 Å². The second-order valence-electron chi connectivity index (χ2n) is 8.13. The summed E-state index contributed by atoms with van der Waals surface area (Å²) in [6.07, 6.45) is 8.33. The number of hydrogen-bond acceptors (Lipinski definition) is 7. The number of benzene rings is 1. The van der Waals surface area contributed by atoms with Crippen molar-refractivity contribution in [3.63, 3.8) is 0 Å². The van der Waals surface area contributed by atoms with Gasteiger partial charge in [0.05, 0.1) is 17.7 Å². The molecular formula is C24H27N5O4. The van der Waals surface area contributed by atoms with Crippen LogP contribution in [0.4, 0.5) is 0 Å². The molecule has 5 rings (SSSR count). The molecule has 0 aliphatic carbocycles. The maximum atomic E-state index is 12.8. The fourth-order valence-electron chi connectivity index (χ4n) is 4.03. The van der Waals surface area contributed by atoms with Crippen LogP contribution in [0.25, 0.3) is 16.8 Å². The summed E-state index contributed by atoms with van der Waals surface area (Å²) in [6, 6.07) is 7.65. The maximum absolute atomic E-state index is 12.8. The number of carbonyl (C=O) groups excluding carboxylic acids is 1. The first-order valence-electron chi connectivity index (χ1n) is 11.4. The predicted octanol–water partition coefficient (Wildman–Crippen LogP) is 3.92. The van der Waals surface area contributed by atoms with Crippen LogP contribution in [-0.4, -0.2) is 45.6 Å². The number of aromatic amines is 1. The number of hydrogen-bond donors (Lipinski definition) is 2. The van der Waals surface area contributed by atoms with Gasteiger partial charge in [-0.25, -0.2) is 15.0 Å². The Morgan fingerprint density at radius 3 is 3.00 bits per heavy atom. The molecule has 1 aromatic carbocycles. The van der Waals surface area contributed by atoms with Crippen molar-refractivity contribution in [3.05, 3.63) is 59.9 Å². The van der Waals surface area contributed by atoms with Gasteiger partial charge in [0.15, 0.2) is 5.76 Å². The number of nitrogens with one attached hydrogen (secondary N) is 2. The number of carbonyl (C=O) groups is 1. The molecular weight excluding hydrogens is 422 g/mol. The molecule has 3 aromatic rings. The van der Waals surface area contributed by atoms with Crippen molar-refractivity contribution in [2.24, 2.45) is 0 Å². The van der Waals surface area contributed by atoms with Gasteiger partial charge in [-0.15, -0.1) is 0 Å². The Bertz CT molecular complexity index is 1170. The number of rotatable bonds is 7. The lowest BCUT2D eigenvalue weighted by molar-refractivity contribution is -0.0173. The van der Waals surface area contributed by atoms with Gasteiger partial charge in [0, 0.05) is 24.8 Å². The molecule has 1 fully saturated rings. The minimum Gasteiger partial charge on any atom is -0.494 e. The molecule has 172 valence electrons. The van der Waals surface area contributed by atoms with Crippen LogP contribution in [0, 0.1) is 0 Å². The molecule has 2 aliphatic heterocycles. The van der Waals surface area contributed by atoms with Crippen LogP contribution in [0.2, 0.25) is 0 Å². The SMILES string of the molecule is CCCOc1cccc(C2OC=C(c3ncnc4c(C(=O)NN5CCCCC5)c[nH]c34)O2)c1. The van der Waals surface area contributed by atoms with Crippen molar-refractivity contribution in [2.75, 3.05) is 19.7 Å². The zero-order valence-corrected chi connectivity index (χ0v) is 18.5. The van der Waals surface area contributed by atoms with E-state index in [1.54, 1.807) is 12.5 Å². The third kappa shape index (κ3) is 4.49. The van der Waals surface area contributed by atoms with Crippen LogP contribution in [-0.2, 0) is 9.47 Å². The molecule has 2 aromatic heterocycles. The number of fused-ring (bicyclic) bond motifs is 1. The van der Waals surface area contributed by atoms with Gasteiger partial charge in [-0.3, -0.25) is 10.2 Å². The molecule has 2 aliphatic rings. The van der Waals surface area contributed by atoms with Crippen LogP contribution in [0.5, 0.6) is 5.75 Å². The van der Waals surface area contributed by atoms with Crippen molar-refractivity contribution in [3.8, 4) is 5.75 Å². The molecule has 2 N–H and O–H groups in total. The van der Waals surface area contributed by atoms with Gasteiger partial charge < -0.3 is 19.2 Å². The largest absolute Gasteiger partial charge is 0.494 e. The van der Waals surface area contributed by atoms with E-state index in [1.807, 2.05) is 29.3 Å². The molecule has 0 radical (unpaired) electrons. The van der Waals surface area contributed by atoms with Gasteiger partial charge in [0.2, 0.25) is 0 Å². The number of ether oxygens (including phenoxy) is 3. The summed E-state index contributed by atoms with van der Waals surface area (Å²) in [6.45, 7) is 4.44. The Labute approximate surface area is 191 Å². The lowest BCUT2D eigenvalue weighted by Crippen LogP contribution is -2.45. The average Bonchev–Trinajstić information content (AvgIpc) is 3.51. The number of aromatic nitrogens is 3. The normalized spacial score (nSPS) is 18.5. The summed E-state index contributed by atoms with van der Waals surface area (Å²) in [7, 11) is 0. The number of amides is 1. The molecule has 1 unspecified atom stereocenters. The van der Waals surface area contributed by atoms with E-state index in [0.29, 0.717) is 34.7 Å². The molecule has 0 saturated carbocycles. The van der Waals surface area contributed by atoms with E-state index in [0.717, 1.165) is 43.7 Å². The third-order valence-corrected chi connectivity index (χ3v) is 5.69. The van der Waals surface area contributed by atoms with Crippen LogP contribution in [0.1, 0.15) is 60.5 Å². The maximum Gasteiger partial charge on any atom is 0.269 e. The summed E-state index contributed by atoms with van der Waals surface area (Å²) >= 11 is 0. The van der Waals surface area contributed by atoms with E-state index in [2.05, 4.69) is 27.3 Å².